The third kappa shape index (κ3) is 0.674. The highest BCUT2D eigenvalue weighted by molar-refractivity contribution is 6.35. The highest BCUT2D eigenvalue weighted by Crippen LogP contribution is 2.44. The van der Waals surface area contributed by atoms with Gasteiger partial charge in [0.2, 0.25) is 0 Å². The van der Waals surface area contributed by atoms with Crippen LogP contribution in [0, 0.1) is 0 Å². The molecule has 0 radical (unpaired) electrons. The van der Waals surface area contributed by atoms with E-state index in [1.165, 1.54) is 43.1 Å². The predicted octanol–water partition coefficient (Wildman–Crippen LogP) is 4.61. The Balaban J connectivity index is 2.28. The van der Waals surface area contributed by atoms with Gasteiger partial charge in [0.15, 0.2) is 0 Å². The van der Waals surface area contributed by atoms with Crippen LogP contribution in [0.25, 0.3) is 43.1 Å². The Labute approximate surface area is 92.1 Å². The van der Waals surface area contributed by atoms with Crippen molar-refractivity contribution in [2.75, 3.05) is 0 Å². The number of hydrogen-bond donors (Lipinski definition) is 0. The Kier molecular flexibility index (Phi) is 0.927. The third-order valence-corrected chi connectivity index (χ3v) is 3.78. The van der Waals surface area contributed by atoms with Gasteiger partial charge in [-0.3, -0.25) is 0 Å². The summed E-state index contributed by atoms with van der Waals surface area (Å²) in [6.07, 6.45) is 0. The van der Waals surface area contributed by atoms with Crippen LogP contribution in [-0.4, -0.2) is 0 Å². The molecule has 0 aromatic heterocycles. The molecule has 0 aliphatic heterocycles. The molecule has 0 heteroatoms. The Morgan fingerprint density at radius 1 is 0.375 bits per heavy atom. The van der Waals surface area contributed by atoms with Crippen LogP contribution in [-0.2, 0) is 0 Å². The molecule has 0 saturated heterocycles. The lowest BCUT2D eigenvalue weighted by atomic mass is 10.2. The summed E-state index contributed by atoms with van der Waals surface area (Å²) in [5, 5.41) is 11.5. The molecule has 0 bridgehead atoms. The Morgan fingerprint density at radius 3 is 1.00 bits per heavy atom. The number of hydrogen-bond acceptors (Lipinski definition) is 0. The van der Waals surface area contributed by atoms with Crippen LogP contribution in [0.15, 0.2) is 48.5 Å². The average molecular weight is 200 g/mol. The molecule has 0 aliphatic rings. The van der Waals surface area contributed by atoms with Gasteiger partial charge in [-0.2, -0.15) is 0 Å². The largest absolute Gasteiger partial charge is 0.0610 e. The monoisotopic (exact) mass is 200 g/mol. The lowest BCUT2D eigenvalue weighted by Gasteiger charge is -1.85. The van der Waals surface area contributed by atoms with Crippen molar-refractivity contribution in [1.82, 2.24) is 0 Å². The first-order chi connectivity index (χ1) is 7.93. The van der Waals surface area contributed by atoms with Crippen LogP contribution in [0.2, 0.25) is 0 Å². The second kappa shape index (κ2) is 2.05. The first-order valence-corrected chi connectivity index (χ1v) is 5.64. The van der Waals surface area contributed by atoms with E-state index in [4.69, 9.17) is 0 Å². The molecule has 0 spiro atoms. The van der Waals surface area contributed by atoms with Gasteiger partial charge in [0, 0.05) is 0 Å². The van der Waals surface area contributed by atoms with Crippen LogP contribution in [0.5, 0.6) is 0 Å². The molecule has 0 saturated carbocycles. The summed E-state index contributed by atoms with van der Waals surface area (Å²) in [6, 6.07) is 17.9. The molecule has 0 nitrogen and oxygen atoms in total. The lowest BCUT2D eigenvalue weighted by Crippen LogP contribution is -1.55. The fourth-order valence-corrected chi connectivity index (χ4v) is 2.89. The Bertz CT molecular complexity index is 782. The standard InChI is InChI=1S/C16H8/c1-3-9-10(4-1)14-8-16(14)12-6-2-5-11(12)15-7-13(9)15/h1-8H. The zero-order valence-electron chi connectivity index (χ0n) is 8.62. The van der Waals surface area contributed by atoms with Gasteiger partial charge >= 0.3 is 0 Å². The van der Waals surface area contributed by atoms with E-state index in [0.29, 0.717) is 0 Å². The summed E-state index contributed by atoms with van der Waals surface area (Å²) in [5.74, 6) is 0. The van der Waals surface area contributed by atoms with E-state index in [1.54, 1.807) is 0 Å². The van der Waals surface area contributed by atoms with Gasteiger partial charge in [0.25, 0.3) is 0 Å². The second-order valence-corrected chi connectivity index (χ2v) is 4.65. The molecule has 0 unspecified atom stereocenters. The van der Waals surface area contributed by atoms with Gasteiger partial charge in [-0.15, -0.1) is 0 Å². The van der Waals surface area contributed by atoms with E-state index >= 15 is 0 Å². The van der Waals surface area contributed by atoms with Crippen molar-refractivity contribution in [1.29, 1.82) is 0 Å². The summed E-state index contributed by atoms with van der Waals surface area (Å²) >= 11 is 0. The molecule has 0 heterocycles. The van der Waals surface area contributed by atoms with Gasteiger partial charge < -0.3 is 0 Å². The van der Waals surface area contributed by atoms with Gasteiger partial charge in [-0.25, -0.2) is 0 Å². The van der Waals surface area contributed by atoms with Crippen LogP contribution in [0.4, 0.5) is 0 Å². The predicted molar refractivity (Wildman–Crippen MR) is 70.0 cm³/mol. The molecule has 5 aromatic carbocycles. The van der Waals surface area contributed by atoms with Gasteiger partial charge in [-0.05, 0) is 55.2 Å². The van der Waals surface area contributed by atoms with E-state index in [-0.39, 0.29) is 0 Å². The average Bonchev–Trinajstić information content (AvgIpc) is 3.16. The van der Waals surface area contributed by atoms with Crippen LogP contribution in [0.1, 0.15) is 0 Å². The maximum atomic E-state index is 2.31. The molecule has 0 atom stereocenters. The van der Waals surface area contributed by atoms with Crippen LogP contribution < -0.4 is 0 Å². The SMILES string of the molecule is c1cc2c(c1)c1cc1c1cccc1c1cc21. The minimum absolute atomic E-state index is 1.42. The van der Waals surface area contributed by atoms with Crippen molar-refractivity contribution in [3.8, 4) is 0 Å². The molecule has 72 valence electrons. The maximum absolute atomic E-state index is 2.31. The minimum atomic E-state index is 1.42. The zero-order valence-corrected chi connectivity index (χ0v) is 8.62. The molecule has 16 heavy (non-hydrogen) atoms. The van der Waals surface area contributed by atoms with E-state index in [1.807, 2.05) is 0 Å². The summed E-state index contributed by atoms with van der Waals surface area (Å²) in [4.78, 5) is 0. The van der Waals surface area contributed by atoms with Crippen molar-refractivity contribution in [3.63, 3.8) is 0 Å². The summed E-state index contributed by atoms with van der Waals surface area (Å²) in [7, 11) is 0. The van der Waals surface area contributed by atoms with Gasteiger partial charge in [0.05, 0.1) is 0 Å². The van der Waals surface area contributed by atoms with E-state index < -0.39 is 0 Å². The van der Waals surface area contributed by atoms with E-state index in [9.17, 15) is 0 Å². The Morgan fingerprint density at radius 2 is 0.688 bits per heavy atom. The first kappa shape index (κ1) is 7.24. The highest BCUT2D eigenvalue weighted by atomic mass is 14.2. The second-order valence-electron chi connectivity index (χ2n) is 4.65. The van der Waals surface area contributed by atoms with Crippen LogP contribution >= 0.6 is 0 Å². The normalized spacial score (nSPS) is 13.0. The fraction of sp³-hybridized carbons (Fsp3) is 0. The molecular weight excluding hydrogens is 192 g/mol. The zero-order chi connectivity index (χ0) is 10.3. The van der Waals surface area contributed by atoms with Crippen molar-refractivity contribution >= 4 is 43.1 Å². The van der Waals surface area contributed by atoms with E-state index in [0.717, 1.165) is 0 Å². The van der Waals surface area contributed by atoms with Crippen LogP contribution in [0.3, 0.4) is 0 Å². The van der Waals surface area contributed by atoms with Gasteiger partial charge in [0.1, 0.15) is 0 Å². The molecule has 0 aliphatic carbocycles. The molecule has 0 N–H and O–H groups in total. The minimum Gasteiger partial charge on any atom is -0.0610 e. The van der Waals surface area contributed by atoms with Crippen molar-refractivity contribution in [2.24, 2.45) is 0 Å². The smallest absolute Gasteiger partial charge is 0.00923 e. The first-order valence-electron chi connectivity index (χ1n) is 5.64. The quantitative estimate of drug-likeness (QED) is 0.342. The van der Waals surface area contributed by atoms with Crippen molar-refractivity contribution < 1.29 is 0 Å². The summed E-state index contributed by atoms with van der Waals surface area (Å²) in [6.45, 7) is 0. The maximum Gasteiger partial charge on any atom is -0.00923 e. The van der Waals surface area contributed by atoms with Crippen molar-refractivity contribution in [3.05, 3.63) is 48.5 Å². The topological polar surface area (TPSA) is 0 Å². The lowest BCUT2D eigenvalue weighted by molar-refractivity contribution is 2.06. The number of rotatable bonds is 0. The van der Waals surface area contributed by atoms with E-state index in [2.05, 4.69) is 48.5 Å². The number of fused-ring (bicyclic) bond motifs is 8. The summed E-state index contributed by atoms with van der Waals surface area (Å²) < 4.78 is 0. The van der Waals surface area contributed by atoms with Crippen molar-refractivity contribution in [2.45, 2.75) is 0 Å². The van der Waals surface area contributed by atoms with Gasteiger partial charge in [-0.1, -0.05) is 36.4 Å². The molecule has 0 amide bonds. The fourth-order valence-electron chi connectivity index (χ4n) is 2.89. The molecule has 5 rings (SSSR count). The molecule has 0 fully saturated rings. The Hall–Kier alpha value is -2.08. The third-order valence-electron chi connectivity index (χ3n) is 3.78. The summed E-state index contributed by atoms with van der Waals surface area (Å²) in [5.41, 5.74) is 0. The molecular formula is C16H8. The highest BCUT2D eigenvalue weighted by Gasteiger charge is 2.15. The molecule has 5 aromatic rings.